The van der Waals surface area contributed by atoms with Gasteiger partial charge in [0.25, 0.3) is 6.71 Å². The Balaban J connectivity index is 1.16. The number of nitrogens with zero attached hydrogens (tertiary/aromatic N) is 2. The molecule has 2 aliphatic heterocycles. The van der Waals surface area contributed by atoms with Crippen molar-refractivity contribution in [3.63, 3.8) is 0 Å². The summed E-state index contributed by atoms with van der Waals surface area (Å²) in [4.78, 5) is 4.59. The number of anilines is 6. The number of ether oxygens (including phenoxy) is 2. The van der Waals surface area contributed by atoms with E-state index in [1.165, 1.54) is 22.3 Å². The first-order valence-electron chi connectivity index (χ1n) is 17.5. The molecule has 2 heterocycles. The van der Waals surface area contributed by atoms with Crippen molar-refractivity contribution in [2.45, 2.75) is 27.7 Å². The van der Waals surface area contributed by atoms with Gasteiger partial charge in [0.05, 0.1) is 0 Å². The molecule has 0 aromatic heterocycles. The van der Waals surface area contributed by atoms with Crippen LogP contribution in [0.4, 0.5) is 34.1 Å². The van der Waals surface area contributed by atoms with Gasteiger partial charge in [-0.2, -0.15) is 0 Å². The molecule has 0 atom stereocenters. The van der Waals surface area contributed by atoms with Crippen molar-refractivity contribution in [2.75, 3.05) is 9.80 Å². The number of hydrogen-bond acceptors (Lipinski definition) is 4. The van der Waals surface area contributed by atoms with Crippen LogP contribution in [0, 0.1) is 27.7 Å². The van der Waals surface area contributed by atoms with Crippen LogP contribution in [0.15, 0.2) is 152 Å². The van der Waals surface area contributed by atoms with Crippen molar-refractivity contribution in [3.8, 4) is 23.0 Å². The van der Waals surface area contributed by atoms with Crippen LogP contribution in [0.1, 0.15) is 22.3 Å². The SMILES string of the molecule is Cc1ccc(N(c2ccc(C)cc2)c2ccc3c(c2)Oc2cccc4c2B3c2ccc(N(c3ccc(C)cc3)c3ccc(C)cc3)cc2O4)cc1. The number of aryl methyl sites for hydroxylation is 4. The predicted molar refractivity (Wildman–Crippen MR) is 212 cm³/mol. The van der Waals surface area contributed by atoms with Gasteiger partial charge in [0, 0.05) is 51.7 Å². The van der Waals surface area contributed by atoms with E-state index in [0.29, 0.717) is 0 Å². The molecule has 51 heavy (non-hydrogen) atoms. The summed E-state index contributed by atoms with van der Waals surface area (Å²) in [5.74, 6) is 3.36. The Kier molecular flexibility index (Phi) is 7.43. The first kappa shape index (κ1) is 30.8. The molecule has 0 fully saturated rings. The normalized spacial score (nSPS) is 12.2. The molecular formula is C46H37BN2O2. The third-order valence-corrected chi connectivity index (χ3v) is 10.1. The summed E-state index contributed by atoms with van der Waals surface area (Å²) in [5, 5.41) is 0. The highest BCUT2D eigenvalue weighted by atomic mass is 16.5. The van der Waals surface area contributed by atoms with Crippen LogP contribution in [0.2, 0.25) is 0 Å². The fourth-order valence-corrected chi connectivity index (χ4v) is 7.35. The van der Waals surface area contributed by atoms with Gasteiger partial charge in [-0.3, -0.25) is 0 Å². The minimum absolute atomic E-state index is 0.0359. The smallest absolute Gasteiger partial charge is 0.260 e. The monoisotopic (exact) mass is 660 g/mol. The molecule has 0 amide bonds. The van der Waals surface area contributed by atoms with E-state index in [1.54, 1.807) is 0 Å². The van der Waals surface area contributed by atoms with Crippen molar-refractivity contribution in [3.05, 3.63) is 174 Å². The van der Waals surface area contributed by atoms with Gasteiger partial charge in [-0.25, -0.2) is 0 Å². The second-order valence-electron chi connectivity index (χ2n) is 13.8. The Hall–Kier alpha value is -6.20. The molecule has 4 nitrogen and oxygen atoms in total. The molecule has 246 valence electrons. The van der Waals surface area contributed by atoms with Crippen LogP contribution in [0.25, 0.3) is 0 Å². The maximum atomic E-state index is 6.72. The minimum Gasteiger partial charge on any atom is -0.458 e. The van der Waals surface area contributed by atoms with Gasteiger partial charge in [0.15, 0.2) is 0 Å². The van der Waals surface area contributed by atoms with E-state index in [9.17, 15) is 0 Å². The zero-order chi connectivity index (χ0) is 34.6. The molecule has 0 saturated heterocycles. The molecule has 9 rings (SSSR count). The second-order valence-corrected chi connectivity index (χ2v) is 13.8. The van der Waals surface area contributed by atoms with Gasteiger partial charge >= 0.3 is 0 Å². The molecule has 5 heteroatoms. The van der Waals surface area contributed by atoms with Crippen LogP contribution in [0.3, 0.4) is 0 Å². The average Bonchev–Trinajstić information content (AvgIpc) is 3.15. The summed E-state index contributed by atoms with van der Waals surface area (Å²) in [6, 6.07) is 54.1. The Morgan fingerprint density at radius 1 is 0.353 bits per heavy atom. The van der Waals surface area contributed by atoms with E-state index < -0.39 is 0 Å². The van der Waals surface area contributed by atoms with Gasteiger partial charge in [-0.1, -0.05) is 89.0 Å². The fourth-order valence-electron chi connectivity index (χ4n) is 7.35. The lowest BCUT2D eigenvalue weighted by atomic mass is 9.35. The van der Waals surface area contributed by atoms with Crippen LogP contribution >= 0.6 is 0 Å². The zero-order valence-electron chi connectivity index (χ0n) is 29.2. The molecule has 2 aliphatic rings. The lowest BCUT2D eigenvalue weighted by Gasteiger charge is -2.34. The zero-order valence-corrected chi connectivity index (χ0v) is 29.2. The van der Waals surface area contributed by atoms with Crippen LogP contribution in [-0.4, -0.2) is 6.71 Å². The van der Waals surface area contributed by atoms with E-state index in [0.717, 1.165) is 73.5 Å². The first-order valence-corrected chi connectivity index (χ1v) is 17.5. The molecule has 0 aliphatic carbocycles. The van der Waals surface area contributed by atoms with Crippen LogP contribution < -0.4 is 35.7 Å². The summed E-state index contributed by atoms with van der Waals surface area (Å²) in [5.41, 5.74) is 14.7. The predicted octanol–water partition coefficient (Wildman–Crippen LogP) is 10.6. The molecule has 0 spiro atoms. The lowest BCUT2D eigenvalue weighted by molar-refractivity contribution is 0.464. The molecule has 7 aromatic carbocycles. The second kappa shape index (κ2) is 12.3. The molecule has 0 radical (unpaired) electrons. The van der Waals surface area contributed by atoms with E-state index in [2.05, 4.69) is 183 Å². The topological polar surface area (TPSA) is 24.9 Å². The Bertz CT molecular complexity index is 2150. The molecule has 0 bridgehead atoms. The average molecular weight is 661 g/mol. The molecular weight excluding hydrogens is 623 g/mol. The highest BCUT2D eigenvalue weighted by molar-refractivity contribution is 6.98. The minimum atomic E-state index is -0.0359. The van der Waals surface area contributed by atoms with Crippen molar-refractivity contribution < 1.29 is 9.47 Å². The third-order valence-electron chi connectivity index (χ3n) is 10.1. The van der Waals surface area contributed by atoms with Crippen molar-refractivity contribution in [1.29, 1.82) is 0 Å². The van der Waals surface area contributed by atoms with Crippen molar-refractivity contribution >= 4 is 57.2 Å². The maximum Gasteiger partial charge on any atom is 0.260 e. The highest BCUT2D eigenvalue weighted by Gasteiger charge is 2.40. The number of benzene rings is 7. The van der Waals surface area contributed by atoms with Crippen LogP contribution in [-0.2, 0) is 0 Å². The summed E-state index contributed by atoms with van der Waals surface area (Å²) in [6.07, 6.45) is 0. The summed E-state index contributed by atoms with van der Waals surface area (Å²) in [6.45, 7) is 8.45. The molecule has 0 unspecified atom stereocenters. The summed E-state index contributed by atoms with van der Waals surface area (Å²) >= 11 is 0. The fraction of sp³-hybridized carbons (Fsp3) is 0.0870. The summed E-state index contributed by atoms with van der Waals surface area (Å²) in [7, 11) is 0. The maximum absolute atomic E-state index is 6.72. The van der Waals surface area contributed by atoms with Gasteiger partial charge in [-0.15, -0.1) is 0 Å². The largest absolute Gasteiger partial charge is 0.458 e. The number of hydrogen-bond donors (Lipinski definition) is 0. The Morgan fingerprint density at radius 2 is 0.667 bits per heavy atom. The van der Waals surface area contributed by atoms with Gasteiger partial charge in [-0.05, 0) is 111 Å². The summed E-state index contributed by atoms with van der Waals surface area (Å²) < 4.78 is 13.4. The molecule has 7 aromatic rings. The van der Waals surface area contributed by atoms with E-state index >= 15 is 0 Å². The third kappa shape index (κ3) is 5.52. The van der Waals surface area contributed by atoms with E-state index in [1.807, 2.05) is 6.07 Å². The van der Waals surface area contributed by atoms with Gasteiger partial charge < -0.3 is 19.3 Å². The Labute approximate surface area is 300 Å². The Morgan fingerprint density at radius 3 is 1.00 bits per heavy atom. The van der Waals surface area contributed by atoms with Crippen molar-refractivity contribution in [2.24, 2.45) is 0 Å². The van der Waals surface area contributed by atoms with E-state index in [4.69, 9.17) is 9.47 Å². The standard InChI is InChI=1S/C46H37BN2O2/c1-30-8-16-34(17-9-30)48(35-18-10-31(2)11-19-35)38-24-26-40-44(28-38)50-42-6-5-7-43-46(42)47(40)41-27-25-39(29-45(41)51-43)49(36-20-12-32(3)13-21-36)37-22-14-33(4)15-23-37/h5-29H,1-4H3. The number of rotatable bonds is 6. The van der Waals surface area contributed by atoms with Gasteiger partial charge in [0.2, 0.25) is 0 Å². The van der Waals surface area contributed by atoms with E-state index in [-0.39, 0.29) is 6.71 Å². The quantitative estimate of drug-likeness (QED) is 0.166. The van der Waals surface area contributed by atoms with Crippen molar-refractivity contribution in [1.82, 2.24) is 0 Å². The first-order chi connectivity index (χ1) is 24.9. The van der Waals surface area contributed by atoms with Gasteiger partial charge in [0.1, 0.15) is 23.0 Å². The lowest BCUT2D eigenvalue weighted by Crippen LogP contribution is -2.57. The highest BCUT2D eigenvalue weighted by Crippen LogP contribution is 2.42. The molecule has 0 saturated carbocycles. The number of fused-ring (bicyclic) bond motifs is 4. The molecule has 0 N–H and O–H groups in total. The van der Waals surface area contributed by atoms with Crippen LogP contribution in [0.5, 0.6) is 23.0 Å².